The molecule has 7 heteroatoms. The Hall–Kier alpha value is -2.25. The van der Waals surface area contributed by atoms with Crippen LogP contribution in [0.3, 0.4) is 0 Å². The Morgan fingerprint density at radius 2 is 1.97 bits per heavy atom. The van der Waals surface area contributed by atoms with Crippen molar-refractivity contribution in [1.29, 1.82) is 0 Å². The summed E-state index contributed by atoms with van der Waals surface area (Å²) in [5, 5.41) is 19.3. The van der Waals surface area contributed by atoms with Crippen LogP contribution in [0.15, 0.2) is 42.0 Å². The van der Waals surface area contributed by atoms with Gasteiger partial charge in [0, 0.05) is 36.3 Å². The Morgan fingerprint density at radius 1 is 1.15 bits per heavy atom. The summed E-state index contributed by atoms with van der Waals surface area (Å²) in [6, 6.07) is 7.78. The summed E-state index contributed by atoms with van der Waals surface area (Å²) in [6.45, 7) is 6.89. The molecule has 2 aromatic heterocycles. The predicted octanol–water partition coefficient (Wildman–Crippen LogP) is 4.23. The van der Waals surface area contributed by atoms with Gasteiger partial charge in [-0.2, -0.15) is 0 Å². The highest BCUT2D eigenvalue weighted by atomic mass is 32.1. The average Bonchev–Trinajstić information content (AvgIpc) is 3.36. The highest BCUT2D eigenvalue weighted by Crippen LogP contribution is 2.63. The molecule has 2 heterocycles. The summed E-state index contributed by atoms with van der Waals surface area (Å²) in [4.78, 5) is 30.9. The van der Waals surface area contributed by atoms with Gasteiger partial charge in [-0.3, -0.25) is 14.6 Å². The van der Waals surface area contributed by atoms with E-state index in [9.17, 15) is 14.7 Å². The van der Waals surface area contributed by atoms with Gasteiger partial charge in [-0.05, 0) is 78.9 Å². The summed E-state index contributed by atoms with van der Waals surface area (Å²) in [5.41, 5.74) is 0.0467. The van der Waals surface area contributed by atoms with Crippen LogP contribution >= 0.6 is 11.3 Å². The van der Waals surface area contributed by atoms with Crippen molar-refractivity contribution in [3.63, 3.8) is 0 Å². The van der Waals surface area contributed by atoms with Crippen molar-refractivity contribution in [1.82, 2.24) is 15.6 Å². The van der Waals surface area contributed by atoms with E-state index in [4.69, 9.17) is 0 Å². The van der Waals surface area contributed by atoms with Gasteiger partial charge in [-0.1, -0.05) is 26.0 Å². The molecule has 3 N–H and O–H groups in total. The Balaban J connectivity index is 1.48. The minimum atomic E-state index is -0.704. The van der Waals surface area contributed by atoms with E-state index in [-0.39, 0.29) is 34.6 Å². The molecule has 0 aromatic carbocycles. The monoisotopic (exact) mass is 483 g/mol. The zero-order valence-corrected chi connectivity index (χ0v) is 21.3. The third-order valence-corrected chi connectivity index (χ3v) is 8.99. The average molecular weight is 484 g/mol. The second kappa shape index (κ2) is 9.78. The Kier molecular flexibility index (Phi) is 7.15. The van der Waals surface area contributed by atoms with Crippen molar-refractivity contribution in [2.24, 2.45) is 16.7 Å². The van der Waals surface area contributed by atoms with E-state index in [1.54, 1.807) is 23.7 Å². The van der Waals surface area contributed by atoms with Crippen LogP contribution in [0.1, 0.15) is 69.7 Å². The molecule has 0 aliphatic heterocycles. The van der Waals surface area contributed by atoms with Crippen molar-refractivity contribution in [3.8, 4) is 0 Å². The molecular formula is C27H37N3O3S. The number of nitrogens with zero attached hydrogens (tertiary/aromatic N) is 1. The smallest absolute Gasteiger partial charge is 0.225 e. The second-order valence-electron chi connectivity index (χ2n) is 11.2. The topological polar surface area (TPSA) is 91.3 Å². The maximum atomic E-state index is 13.0. The zero-order valence-electron chi connectivity index (χ0n) is 20.5. The van der Waals surface area contributed by atoms with Gasteiger partial charge < -0.3 is 15.7 Å². The minimum absolute atomic E-state index is 0.00202. The molecule has 4 atom stereocenters. The molecule has 4 rings (SSSR count). The van der Waals surface area contributed by atoms with Crippen LogP contribution in [0.4, 0.5) is 0 Å². The van der Waals surface area contributed by atoms with Crippen LogP contribution < -0.4 is 10.6 Å². The van der Waals surface area contributed by atoms with Crippen LogP contribution in [0.5, 0.6) is 0 Å². The molecule has 2 fully saturated rings. The van der Waals surface area contributed by atoms with Crippen LogP contribution in [0.25, 0.3) is 0 Å². The molecular weight excluding hydrogens is 446 g/mol. The fourth-order valence-electron chi connectivity index (χ4n) is 6.39. The summed E-state index contributed by atoms with van der Waals surface area (Å²) in [7, 11) is 0. The summed E-state index contributed by atoms with van der Waals surface area (Å²) >= 11 is 1.60. The maximum absolute atomic E-state index is 13.0. The highest BCUT2D eigenvalue weighted by Gasteiger charge is 2.61. The number of aromatic nitrogens is 1. The number of thiophene rings is 1. The molecule has 6 nitrogen and oxygen atoms in total. The number of hydrogen-bond acceptors (Lipinski definition) is 5. The fraction of sp³-hybridized carbons (Fsp3) is 0.593. The number of carbonyl (C=O) groups excluding carboxylic acids is 2. The third kappa shape index (κ3) is 5.52. The lowest BCUT2D eigenvalue weighted by atomic mass is 9.57. The zero-order chi connectivity index (χ0) is 24.4. The number of carbonyl (C=O) groups is 2. The molecule has 2 aliphatic carbocycles. The molecule has 0 radical (unpaired) electrons. The third-order valence-electron chi connectivity index (χ3n) is 8.11. The number of rotatable bonds is 8. The predicted molar refractivity (Wildman–Crippen MR) is 134 cm³/mol. The number of aliphatic hydroxyl groups is 1. The minimum Gasteiger partial charge on any atom is -0.390 e. The molecule has 0 bridgehead atoms. The Morgan fingerprint density at radius 3 is 2.68 bits per heavy atom. The largest absolute Gasteiger partial charge is 0.390 e. The van der Waals surface area contributed by atoms with E-state index < -0.39 is 5.60 Å². The number of hydrogen-bond donors (Lipinski definition) is 3. The lowest BCUT2D eigenvalue weighted by molar-refractivity contribution is -0.125. The van der Waals surface area contributed by atoms with Gasteiger partial charge in [0.1, 0.15) is 0 Å². The summed E-state index contributed by atoms with van der Waals surface area (Å²) in [5.74, 6) is 0.297. The van der Waals surface area contributed by atoms with Crippen molar-refractivity contribution in [3.05, 3.63) is 52.5 Å². The highest BCUT2D eigenvalue weighted by molar-refractivity contribution is 7.10. The molecule has 4 unspecified atom stereocenters. The van der Waals surface area contributed by atoms with Crippen molar-refractivity contribution in [2.45, 2.75) is 83.9 Å². The van der Waals surface area contributed by atoms with E-state index in [2.05, 4.69) is 29.5 Å². The van der Waals surface area contributed by atoms with Crippen LogP contribution in [0, 0.1) is 16.7 Å². The van der Waals surface area contributed by atoms with Crippen LogP contribution in [0.2, 0.25) is 0 Å². The summed E-state index contributed by atoms with van der Waals surface area (Å²) < 4.78 is 0. The van der Waals surface area contributed by atoms with Crippen molar-refractivity contribution < 1.29 is 14.7 Å². The number of fused-ring (bicyclic) bond motifs is 1. The van der Waals surface area contributed by atoms with Gasteiger partial charge >= 0.3 is 0 Å². The van der Waals surface area contributed by atoms with Gasteiger partial charge in [-0.15, -0.1) is 11.3 Å². The van der Waals surface area contributed by atoms with Crippen LogP contribution in [-0.2, 0) is 22.6 Å². The molecule has 0 saturated heterocycles. The normalized spacial score (nSPS) is 29.9. The van der Waals surface area contributed by atoms with Gasteiger partial charge in [0.15, 0.2) is 0 Å². The Labute approximate surface area is 206 Å². The van der Waals surface area contributed by atoms with E-state index in [1.165, 1.54) is 0 Å². The molecule has 2 aliphatic rings. The maximum Gasteiger partial charge on any atom is 0.225 e. The number of nitrogens with one attached hydrogen (secondary N) is 2. The Bertz CT molecular complexity index is 990. The van der Waals surface area contributed by atoms with Gasteiger partial charge in [0.2, 0.25) is 11.8 Å². The number of pyridine rings is 1. The first-order valence-electron chi connectivity index (χ1n) is 12.3. The lowest BCUT2D eigenvalue weighted by Gasteiger charge is -2.50. The first kappa shape index (κ1) is 24.9. The molecule has 34 heavy (non-hydrogen) atoms. The molecule has 184 valence electrons. The first-order chi connectivity index (χ1) is 16.1. The van der Waals surface area contributed by atoms with Crippen molar-refractivity contribution >= 4 is 23.2 Å². The second-order valence-corrected chi connectivity index (χ2v) is 12.2. The molecule has 0 spiro atoms. The fourth-order valence-corrected chi connectivity index (χ4v) is 7.09. The van der Waals surface area contributed by atoms with E-state index in [0.29, 0.717) is 38.6 Å². The number of amides is 2. The molecule has 2 amide bonds. The SMILES string of the molecule is CC1(O)CCC2(CCC(=O)NCc3cccnc3)C(NC(=O)Cc3cccs3)CC(C)(C)C2C1. The van der Waals surface area contributed by atoms with E-state index >= 15 is 0 Å². The summed E-state index contributed by atoms with van der Waals surface area (Å²) in [6.07, 6.45) is 8.05. The van der Waals surface area contributed by atoms with Gasteiger partial charge in [0.25, 0.3) is 0 Å². The standard InChI is InChI=1S/C27H37N3O3S/c1-25(2)16-22(30-24(32)14-20-7-5-13-34-20)27(11-10-26(3,33)15-21(25)27)9-8-23(31)29-18-19-6-4-12-28-17-19/h4-7,12-13,17,21-22,33H,8-11,14-16,18H2,1-3H3,(H,29,31)(H,30,32). The quantitative estimate of drug-likeness (QED) is 0.524. The van der Waals surface area contributed by atoms with E-state index in [1.807, 2.05) is 36.6 Å². The van der Waals surface area contributed by atoms with Crippen LogP contribution in [-0.4, -0.2) is 33.5 Å². The first-order valence-corrected chi connectivity index (χ1v) is 13.2. The molecule has 2 saturated carbocycles. The van der Waals surface area contributed by atoms with Gasteiger partial charge in [-0.25, -0.2) is 0 Å². The van der Waals surface area contributed by atoms with E-state index in [0.717, 1.165) is 23.3 Å². The molecule has 2 aromatic rings. The van der Waals surface area contributed by atoms with Gasteiger partial charge in [0.05, 0.1) is 12.0 Å². The lowest BCUT2D eigenvalue weighted by Crippen LogP contribution is -2.53. The van der Waals surface area contributed by atoms with Crippen molar-refractivity contribution in [2.75, 3.05) is 0 Å².